The second-order valence-electron chi connectivity index (χ2n) is 25.0. The molecule has 5 aliphatic heterocycles. The highest BCUT2D eigenvalue weighted by molar-refractivity contribution is 7.52. The van der Waals surface area contributed by atoms with E-state index in [0.29, 0.717) is 38.0 Å². The summed E-state index contributed by atoms with van der Waals surface area (Å²) in [7, 11) is -3.98. The lowest BCUT2D eigenvalue weighted by molar-refractivity contribution is -0.144. The number of piperidine rings is 2. The number of halogens is 4. The monoisotopic (exact) mass is 1280 g/mol. The zero-order chi connectivity index (χ0) is 64.4. The summed E-state index contributed by atoms with van der Waals surface area (Å²) in [6, 6.07) is 10.7. The Morgan fingerprint density at radius 3 is 2.27 bits per heavy atom. The van der Waals surface area contributed by atoms with Crippen LogP contribution in [0.15, 0.2) is 66.7 Å². The SMILES string of the molecule is CN(CCC1CCN(C(O)[C@H](Cc2ccc(C(C)(C)C)cc2)NC(=O)[C@H](CCC(N)=O)NC(=O)[C@@H]2CC[C@@H]3CCN(CC(F)F)C[C@H](NC(=O)c4cc5cc(C(F)(F)P(=O)(O)O)ccc5s4)C(=O)N32)CC1)c1cccc2c1CN(C1CCC(=O)NC1=O)C2=O. The van der Waals surface area contributed by atoms with Gasteiger partial charge in [-0.1, -0.05) is 57.2 Å². The topological polar surface area (TPSA) is 305 Å². The van der Waals surface area contributed by atoms with Gasteiger partial charge in [-0.25, -0.2) is 8.78 Å². The summed E-state index contributed by atoms with van der Waals surface area (Å²) in [5.74, 6) is -4.85. The van der Waals surface area contributed by atoms with E-state index in [4.69, 9.17) is 5.73 Å². The maximum atomic E-state index is 14.8. The Hall–Kier alpha value is -6.87. The summed E-state index contributed by atoms with van der Waals surface area (Å²) in [6.07, 6.45) is -1.46. The minimum absolute atomic E-state index is 0.0334. The van der Waals surface area contributed by atoms with Crippen LogP contribution in [0.4, 0.5) is 23.2 Å². The summed E-state index contributed by atoms with van der Waals surface area (Å²) >= 11 is 0.821. The number of hydrogen-bond acceptors (Lipinski definition) is 14. The van der Waals surface area contributed by atoms with Gasteiger partial charge in [-0.15, -0.1) is 11.3 Å². The Kier molecular flexibility index (Phi) is 20.4. The van der Waals surface area contributed by atoms with Crippen LogP contribution in [0.1, 0.15) is 127 Å². The summed E-state index contributed by atoms with van der Waals surface area (Å²) < 4.78 is 69.1. The van der Waals surface area contributed by atoms with Crippen molar-refractivity contribution in [1.82, 2.24) is 40.9 Å². The van der Waals surface area contributed by atoms with Crippen LogP contribution in [0, 0.1) is 5.92 Å². The normalized spacial score (nSPS) is 21.8. The molecule has 482 valence electrons. The molecule has 4 fully saturated rings. The number of nitrogens with one attached hydrogen (secondary N) is 4. The molecule has 0 aliphatic carbocycles. The van der Waals surface area contributed by atoms with Crippen LogP contribution in [0.5, 0.6) is 0 Å². The first kappa shape index (κ1) is 66.5. The summed E-state index contributed by atoms with van der Waals surface area (Å²) in [4.78, 5) is 135. The largest absolute Gasteiger partial charge is 0.399 e. The van der Waals surface area contributed by atoms with Gasteiger partial charge in [-0.2, -0.15) is 8.78 Å². The van der Waals surface area contributed by atoms with Crippen molar-refractivity contribution in [2.45, 2.75) is 158 Å². The summed E-state index contributed by atoms with van der Waals surface area (Å²) in [6.45, 7) is 6.91. The molecule has 5 aliphatic rings. The number of hydrogen-bond donors (Lipinski definition) is 8. The first-order chi connectivity index (χ1) is 42.0. The second-order valence-corrected chi connectivity index (χ2v) is 27.8. The molecule has 22 nitrogen and oxygen atoms in total. The molecule has 0 bridgehead atoms. The molecular formula is C61H77F4N10O12PS. The quantitative estimate of drug-likeness (QED) is 0.0302. The molecule has 8 amide bonds. The van der Waals surface area contributed by atoms with Crippen molar-refractivity contribution in [2.24, 2.45) is 11.7 Å². The number of primary amides is 1. The van der Waals surface area contributed by atoms with Gasteiger partial charge in [0.1, 0.15) is 30.4 Å². The van der Waals surface area contributed by atoms with E-state index in [1.807, 2.05) is 48.3 Å². The van der Waals surface area contributed by atoms with Crippen molar-refractivity contribution in [1.29, 1.82) is 0 Å². The lowest BCUT2D eigenvalue weighted by Crippen LogP contribution is -2.62. The molecule has 89 heavy (non-hydrogen) atoms. The van der Waals surface area contributed by atoms with Gasteiger partial charge in [-0.3, -0.25) is 58.0 Å². The fourth-order valence-corrected chi connectivity index (χ4v) is 14.2. The Labute approximate surface area is 516 Å². The van der Waals surface area contributed by atoms with Crippen molar-refractivity contribution >= 4 is 82.0 Å². The number of likely N-dealkylation sites (tertiary alicyclic amines) is 1. The van der Waals surface area contributed by atoms with Gasteiger partial charge in [0.15, 0.2) is 0 Å². The molecule has 7 atom stereocenters. The predicted molar refractivity (Wildman–Crippen MR) is 322 cm³/mol. The number of fused-ring (bicyclic) bond motifs is 3. The lowest BCUT2D eigenvalue weighted by atomic mass is 9.86. The Bertz CT molecular complexity index is 3390. The van der Waals surface area contributed by atoms with E-state index < -0.39 is 116 Å². The van der Waals surface area contributed by atoms with Gasteiger partial charge >= 0.3 is 13.3 Å². The van der Waals surface area contributed by atoms with E-state index in [9.17, 15) is 75.4 Å². The second kappa shape index (κ2) is 27.3. The average molecular weight is 1280 g/mol. The van der Waals surface area contributed by atoms with Crippen molar-refractivity contribution in [2.75, 3.05) is 51.2 Å². The van der Waals surface area contributed by atoms with Gasteiger partial charge in [0, 0.05) is 92.3 Å². The number of benzene rings is 3. The van der Waals surface area contributed by atoms with Gasteiger partial charge in [0.25, 0.3) is 18.2 Å². The number of alkyl halides is 4. The highest BCUT2D eigenvalue weighted by atomic mass is 32.1. The molecule has 9 N–H and O–H groups in total. The number of carbonyl (C=O) groups is 8. The number of nitrogens with zero attached hydrogens (tertiary/aromatic N) is 5. The zero-order valence-corrected chi connectivity index (χ0v) is 51.7. The Balaban J connectivity index is 0.881. The van der Waals surface area contributed by atoms with E-state index >= 15 is 0 Å². The summed E-state index contributed by atoms with van der Waals surface area (Å²) in [5.41, 5.74) is 3.93. The number of rotatable bonds is 22. The maximum Gasteiger partial charge on any atom is 0.399 e. The molecular weight excluding hydrogens is 1200 g/mol. The Morgan fingerprint density at radius 1 is 0.899 bits per heavy atom. The van der Waals surface area contributed by atoms with Crippen molar-refractivity contribution in [3.63, 3.8) is 0 Å². The third kappa shape index (κ3) is 15.3. The zero-order valence-electron chi connectivity index (χ0n) is 50.0. The predicted octanol–water partition coefficient (Wildman–Crippen LogP) is 4.65. The average Bonchev–Trinajstić information content (AvgIpc) is 1.72. The Morgan fingerprint density at radius 2 is 1.61 bits per heavy atom. The highest BCUT2D eigenvalue weighted by Gasteiger charge is 2.51. The van der Waals surface area contributed by atoms with Crippen molar-refractivity contribution < 1.29 is 75.4 Å². The number of aliphatic hydroxyl groups excluding tert-OH is 1. The van der Waals surface area contributed by atoms with Crippen LogP contribution < -0.4 is 31.9 Å². The van der Waals surface area contributed by atoms with Crippen LogP contribution in [0.2, 0.25) is 0 Å². The molecule has 9 rings (SSSR count). The van der Waals surface area contributed by atoms with Crippen LogP contribution >= 0.6 is 18.9 Å². The first-order valence-electron chi connectivity index (χ1n) is 30.0. The number of carbonyl (C=O) groups excluding carboxylic acids is 8. The number of anilines is 1. The fourth-order valence-electron chi connectivity index (χ4n) is 12.8. The van der Waals surface area contributed by atoms with Gasteiger partial charge < -0.3 is 51.3 Å². The molecule has 4 saturated heterocycles. The number of thiophene rings is 1. The minimum atomic E-state index is -5.93. The van der Waals surface area contributed by atoms with Crippen molar-refractivity contribution in [3.8, 4) is 0 Å². The van der Waals surface area contributed by atoms with E-state index in [1.54, 1.807) is 6.07 Å². The van der Waals surface area contributed by atoms with Crippen LogP contribution in [0.25, 0.3) is 10.1 Å². The van der Waals surface area contributed by atoms with Gasteiger partial charge in [-0.05, 0) is 116 Å². The van der Waals surface area contributed by atoms with Gasteiger partial charge in [0.2, 0.25) is 35.4 Å². The minimum Gasteiger partial charge on any atom is -0.376 e. The molecule has 1 aromatic heterocycles. The van der Waals surface area contributed by atoms with Crippen LogP contribution in [0.3, 0.4) is 0 Å². The molecule has 0 saturated carbocycles. The van der Waals surface area contributed by atoms with E-state index in [1.165, 1.54) is 20.8 Å². The van der Waals surface area contributed by atoms with E-state index in [0.717, 1.165) is 58.3 Å². The molecule has 2 unspecified atom stereocenters. The standard InChI is InChI=1S/C61H77F4N10O12PS/c1-60(2,3)37-10-8-35(9-11-37)28-43(58(83)73-26-21-34(22-27-73)20-24-71(4)45-7-5-6-40-41(45)31-74(57(40)82)46-16-19-52(77)70-54(46)79)68-53(78)42(14-18-51(66)76)67-55(80)47-15-13-39-23-25-72(33-50(62)63)32-44(59(84)75(39)47)69-56(81)49-30-36-29-38(12-17-48(36)89-49)61(64,65)88(85,86)87/h5-12,17,29-30,34,39,42-44,46-47,50,58,83H,13-16,18-28,31-33H2,1-4H3,(H2,66,76)(H,67,80)(H,68,78)(H,69,81)(H,70,77,79)(H2,85,86,87)/t39-,42+,43+,44+,46?,47+,58?/m1/s1. The highest BCUT2D eigenvalue weighted by Crippen LogP contribution is 2.59. The summed E-state index contributed by atoms with van der Waals surface area (Å²) in [5, 5.41) is 23.0. The lowest BCUT2D eigenvalue weighted by Gasteiger charge is -2.39. The number of amides is 8. The van der Waals surface area contributed by atoms with E-state index in [2.05, 4.69) is 46.9 Å². The first-order valence-corrected chi connectivity index (χ1v) is 32.4. The maximum absolute atomic E-state index is 14.8. The third-order valence-corrected chi connectivity index (χ3v) is 20.0. The number of imide groups is 1. The van der Waals surface area contributed by atoms with Crippen LogP contribution in [-0.2, 0) is 57.4 Å². The molecule has 6 heterocycles. The van der Waals surface area contributed by atoms with Gasteiger partial charge in [0.05, 0.1) is 17.5 Å². The molecule has 3 aromatic carbocycles. The number of aliphatic hydroxyl groups is 1. The number of nitrogens with two attached hydrogens (primary N) is 1. The van der Waals surface area contributed by atoms with E-state index in [-0.39, 0.29) is 103 Å². The molecule has 0 radical (unpaired) electrons. The smallest absolute Gasteiger partial charge is 0.376 e. The third-order valence-electron chi connectivity index (χ3n) is 17.9. The molecule has 4 aromatic rings. The molecule has 0 spiro atoms. The molecule has 28 heteroatoms. The van der Waals surface area contributed by atoms with Crippen molar-refractivity contribution in [3.05, 3.63) is 99.4 Å². The fraction of sp³-hybridized carbons (Fsp3) is 0.541. The van der Waals surface area contributed by atoms with Crippen LogP contribution in [-0.4, -0.2) is 177 Å².